The summed E-state index contributed by atoms with van der Waals surface area (Å²) in [5.74, 6) is -0.0644. The topological polar surface area (TPSA) is 71.5 Å². The number of anilines is 2. The molecule has 3 aromatic rings. The van der Waals surface area contributed by atoms with Crippen LogP contribution in [0.1, 0.15) is 22.8 Å². The van der Waals surface area contributed by atoms with Crippen LogP contribution in [0, 0.1) is 6.92 Å². The molecule has 0 aliphatic carbocycles. The van der Waals surface area contributed by atoms with E-state index in [0.29, 0.717) is 12.2 Å². The fourth-order valence-corrected chi connectivity index (χ4v) is 3.10. The first-order valence-electron chi connectivity index (χ1n) is 7.21. The zero-order chi connectivity index (χ0) is 16.4. The molecule has 0 saturated carbocycles. The molecule has 3 rings (SSSR count). The van der Waals surface area contributed by atoms with Crippen molar-refractivity contribution in [2.24, 2.45) is 0 Å². The number of aromatic hydroxyl groups is 1. The third-order valence-corrected chi connectivity index (χ3v) is 4.28. The van der Waals surface area contributed by atoms with E-state index in [1.165, 1.54) is 11.3 Å². The Morgan fingerprint density at radius 1 is 1.30 bits per heavy atom. The van der Waals surface area contributed by atoms with Crippen molar-refractivity contribution in [1.82, 2.24) is 4.98 Å². The third kappa shape index (κ3) is 3.27. The number of aromatic nitrogens is 1. The fraction of sp³-hybridized carbons (Fsp3) is 0.176. The zero-order valence-corrected chi connectivity index (χ0v) is 13.6. The van der Waals surface area contributed by atoms with Crippen molar-refractivity contribution in [3.05, 3.63) is 47.5 Å². The van der Waals surface area contributed by atoms with E-state index in [-0.39, 0.29) is 11.7 Å². The van der Waals surface area contributed by atoms with Crippen molar-refractivity contribution < 1.29 is 14.6 Å². The van der Waals surface area contributed by atoms with Gasteiger partial charge in [-0.25, -0.2) is 9.78 Å². The summed E-state index contributed by atoms with van der Waals surface area (Å²) >= 11 is 1.46. The monoisotopic (exact) mass is 328 g/mol. The third-order valence-electron chi connectivity index (χ3n) is 3.35. The quantitative estimate of drug-likeness (QED) is 0.554. The molecule has 118 valence electrons. The highest BCUT2D eigenvalue weighted by Gasteiger charge is 2.10. The van der Waals surface area contributed by atoms with Gasteiger partial charge in [0.25, 0.3) is 0 Å². The van der Waals surface area contributed by atoms with Gasteiger partial charge in [-0.15, -0.1) is 0 Å². The number of aryl methyl sites for hydroxylation is 1. The van der Waals surface area contributed by atoms with Crippen LogP contribution in [0.3, 0.4) is 0 Å². The first-order valence-corrected chi connectivity index (χ1v) is 8.03. The minimum Gasteiger partial charge on any atom is -0.508 e. The number of phenolic OH excluding ortho intramolecular Hbond substituents is 1. The Morgan fingerprint density at radius 2 is 2.13 bits per heavy atom. The van der Waals surface area contributed by atoms with E-state index in [1.807, 2.05) is 19.1 Å². The maximum absolute atomic E-state index is 11.8. The first-order chi connectivity index (χ1) is 11.1. The smallest absolute Gasteiger partial charge is 0.338 e. The normalized spacial score (nSPS) is 10.7. The standard InChI is InChI=1S/C17H16N2O3S/c1-3-22-16(21)11-4-6-13-15(9-11)23-17(19-13)18-12-5-7-14(20)10(2)8-12/h4-9,20H,3H2,1-2H3,(H,18,19). The van der Waals surface area contributed by atoms with Crippen molar-refractivity contribution in [3.63, 3.8) is 0 Å². The average Bonchev–Trinajstić information content (AvgIpc) is 2.92. The van der Waals surface area contributed by atoms with E-state index >= 15 is 0 Å². The van der Waals surface area contributed by atoms with Gasteiger partial charge in [0.05, 0.1) is 22.4 Å². The number of hydrogen-bond acceptors (Lipinski definition) is 6. The van der Waals surface area contributed by atoms with Gasteiger partial charge in [0.2, 0.25) is 0 Å². The molecule has 2 aromatic carbocycles. The fourth-order valence-electron chi connectivity index (χ4n) is 2.18. The number of carbonyl (C=O) groups is 1. The number of nitrogens with one attached hydrogen (secondary N) is 1. The number of fused-ring (bicyclic) bond motifs is 1. The number of esters is 1. The molecule has 0 amide bonds. The molecule has 1 heterocycles. The number of thiazole rings is 1. The molecule has 0 radical (unpaired) electrons. The van der Waals surface area contributed by atoms with Crippen LogP contribution in [0.5, 0.6) is 5.75 Å². The Kier molecular flexibility index (Phi) is 4.16. The van der Waals surface area contributed by atoms with Gasteiger partial charge in [-0.2, -0.15) is 0 Å². The summed E-state index contributed by atoms with van der Waals surface area (Å²) in [4.78, 5) is 16.3. The van der Waals surface area contributed by atoms with E-state index < -0.39 is 0 Å². The first kappa shape index (κ1) is 15.3. The Balaban J connectivity index is 1.87. The van der Waals surface area contributed by atoms with E-state index in [2.05, 4.69) is 10.3 Å². The second-order valence-corrected chi connectivity index (χ2v) is 6.08. The van der Waals surface area contributed by atoms with Gasteiger partial charge in [-0.05, 0) is 55.8 Å². The maximum atomic E-state index is 11.8. The molecular formula is C17H16N2O3S. The lowest BCUT2D eigenvalue weighted by Gasteiger charge is -2.04. The molecular weight excluding hydrogens is 312 g/mol. The maximum Gasteiger partial charge on any atom is 0.338 e. The van der Waals surface area contributed by atoms with E-state index in [9.17, 15) is 9.90 Å². The summed E-state index contributed by atoms with van der Waals surface area (Å²) in [7, 11) is 0. The Bertz CT molecular complexity index is 873. The highest BCUT2D eigenvalue weighted by Crippen LogP contribution is 2.30. The molecule has 23 heavy (non-hydrogen) atoms. The van der Waals surface area contributed by atoms with Crippen LogP contribution in [-0.4, -0.2) is 22.7 Å². The lowest BCUT2D eigenvalue weighted by Crippen LogP contribution is -2.03. The van der Waals surface area contributed by atoms with Crippen LogP contribution in [0.2, 0.25) is 0 Å². The van der Waals surface area contributed by atoms with Crippen LogP contribution < -0.4 is 5.32 Å². The second-order valence-electron chi connectivity index (χ2n) is 5.05. The summed E-state index contributed by atoms with van der Waals surface area (Å²) in [5.41, 5.74) is 2.99. The van der Waals surface area contributed by atoms with Crippen LogP contribution >= 0.6 is 11.3 Å². The van der Waals surface area contributed by atoms with Gasteiger partial charge >= 0.3 is 5.97 Å². The van der Waals surface area contributed by atoms with Gasteiger partial charge in [0, 0.05) is 5.69 Å². The molecule has 0 atom stereocenters. The van der Waals surface area contributed by atoms with E-state index in [0.717, 1.165) is 26.6 Å². The van der Waals surface area contributed by atoms with E-state index in [1.54, 1.807) is 31.2 Å². The lowest BCUT2D eigenvalue weighted by molar-refractivity contribution is 0.0526. The number of phenols is 1. The molecule has 2 N–H and O–H groups in total. The molecule has 0 unspecified atom stereocenters. The Labute approximate surface area is 137 Å². The number of benzene rings is 2. The van der Waals surface area contributed by atoms with E-state index in [4.69, 9.17) is 4.74 Å². The zero-order valence-electron chi connectivity index (χ0n) is 12.8. The SMILES string of the molecule is CCOC(=O)c1ccc2nc(Nc3ccc(O)c(C)c3)sc2c1. The second kappa shape index (κ2) is 6.26. The van der Waals surface area contributed by atoms with Crippen molar-refractivity contribution in [2.45, 2.75) is 13.8 Å². The number of carbonyl (C=O) groups excluding carboxylic acids is 1. The highest BCUT2D eigenvalue weighted by atomic mass is 32.1. The summed E-state index contributed by atoms with van der Waals surface area (Å²) in [6.45, 7) is 3.97. The predicted molar refractivity (Wildman–Crippen MR) is 91.7 cm³/mol. The van der Waals surface area contributed by atoms with Crippen LogP contribution in [0.15, 0.2) is 36.4 Å². The van der Waals surface area contributed by atoms with Gasteiger partial charge < -0.3 is 15.2 Å². The number of nitrogens with zero attached hydrogens (tertiary/aromatic N) is 1. The van der Waals surface area contributed by atoms with Crippen molar-refractivity contribution in [1.29, 1.82) is 0 Å². The van der Waals surface area contributed by atoms with Gasteiger partial charge in [0.15, 0.2) is 5.13 Å². The molecule has 6 heteroatoms. The summed E-state index contributed by atoms with van der Waals surface area (Å²) < 4.78 is 5.92. The van der Waals surface area contributed by atoms with Gasteiger partial charge in [-0.1, -0.05) is 11.3 Å². The summed E-state index contributed by atoms with van der Waals surface area (Å²) in [6, 6.07) is 10.6. The minimum atomic E-state index is -0.327. The molecule has 0 aliphatic heterocycles. The molecule has 0 fully saturated rings. The summed E-state index contributed by atoms with van der Waals surface area (Å²) in [5, 5.41) is 13.5. The van der Waals surface area contributed by atoms with Crippen molar-refractivity contribution in [2.75, 3.05) is 11.9 Å². The highest BCUT2D eigenvalue weighted by molar-refractivity contribution is 7.22. The molecule has 0 aliphatic rings. The number of ether oxygens (including phenoxy) is 1. The van der Waals surface area contributed by atoms with Crippen molar-refractivity contribution in [3.8, 4) is 5.75 Å². The molecule has 0 bridgehead atoms. The Hall–Kier alpha value is -2.60. The Morgan fingerprint density at radius 3 is 2.87 bits per heavy atom. The molecule has 5 nitrogen and oxygen atoms in total. The summed E-state index contributed by atoms with van der Waals surface area (Å²) in [6.07, 6.45) is 0. The minimum absolute atomic E-state index is 0.263. The molecule has 0 spiro atoms. The lowest BCUT2D eigenvalue weighted by atomic mass is 10.2. The number of rotatable bonds is 4. The molecule has 1 aromatic heterocycles. The predicted octanol–water partition coefficient (Wildman–Crippen LogP) is 4.23. The average molecular weight is 328 g/mol. The van der Waals surface area contributed by atoms with Crippen LogP contribution in [0.25, 0.3) is 10.2 Å². The van der Waals surface area contributed by atoms with Gasteiger partial charge in [0.1, 0.15) is 5.75 Å². The largest absolute Gasteiger partial charge is 0.508 e. The van der Waals surface area contributed by atoms with Crippen LogP contribution in [0.4, 0.5) is 10.8 Å². The number of hydrogen-bond donors (Lipinski definition) is 2. The molecule has 0 saturated heterocycles. The van der Waals surface area contributed by atoms with Crippen LogP contribution in [-0.2, 0) is 4.74 Å². The van der Waals surface area contributed by atoms with Gasteiger partial charge in [-0.3, -0.25) is 0 Å². The van der Waals surface area contributed by atoms with Crippen molar-refractivity contribution >= 4 is 38.3 Å².